The molecule has 0 bridgehead atoms. The van der Waals surface area contributed by atoms with Crippen molar-refractivity contribution < 1.29 is 18.3 Å². The van der Waals surface area contributed by atoms with Crippen molar-refractivity contribution in [2.24, 2.45) is 5.92 Å². The first-order valence-electron chi connectivity index (χ1n) is 7.29. The van der Waals surface area contributed by atoms with Crippen molar-refractivity contribution in [3.8, 4) is 0 Å². The third-order valence-corrected chi connectivity index (χ3v) is 4.82. The van der Waals surface area contributed by atoms with E-state index in [-0.39, 0.29) is 22.6 Å². The van der Waals surface area contributed by atoms with Crippen molar-refractivity contribution in [2.75, 3.05) is 0 Å². The molecule has 0 unspecified atom stereocenters. The second-order valence-electron chi connectivity index (χ2n) is 6.92. The smallest absolute Gasteiger partial charge is 0.321 e. The van der Waals surface area contributed by atoms with E-state index >= 15 is 0 Å². The van der Waals surface area contributed by atoms with Crippen molar-refractivity contribution >= 4 is 16.0 Å². The molecule has 5 nitrogen and oxygen atoms in total. The van der Waals surface area contributed by atoms with Crippen LogP contribution in [0.4, 0.5) is 0 Å². The molecule has 0 radical (unpaired) electrons. The van der Waals surface area contributed by atoms with Gasteiger partial charge in [0.1, 0.15) is 6.04 Å². The summed E-state index contributed by atoms with van der Waals surface area (Å²) in [6.45, 7) is 9.82. The Morgan fingerprint density at radius 2 is 1.68 bits per heavy atom. The summed E-state index contributed by atoms with van der Waals surface area (Å²) in [7, 11) is -3.84. The van der Waals surface area contributed by atoms with Gasteiger partial charge in [0.05, 0.1) is 4.90 Å². The van der Waals surface area contributed by atoms with Gasteiger partial charge in [0, 0.05) is 0 Å². The molecule has 0 aliphatic heterocycles. The molecule has 1 atom stereocenters. The van der Waals surface area contributed by atoms with Gasteiger partial charge in [0.2, 0.25) is 10.0 Å². The van der Waals surface area contributed by atoms with Crippen LogP contribution in [0.5, 0.6) is 0 Å². The molecule has 0 fully saturated rings. The minimum absolute atomic E-state index is 0.0725. The maximum absolute atomic E-state index is 12.3. The number of rotatable bonds is 6. The van der Waals surface area contributed by atoms with E-state index in [1.54, 1.807) is 12.1 Å². The number of benzene rings is 1. The van der Waals surface area contributed by atoms with Gasteiger partial charge in [-0.3, -0.25) is 4.79 Å². The van der Waals surface area contributed by atoms with E-state index in [0.29, 0.717) is 0 Å². The predicted molar refractivity (Wildman–Crippen MR) is 86.3 cm³/mol. The summed E-state index contributed by atoms with van der Waals surface area (Å²) in [5.74, 6) is -1.09. The van der Waals surface area contributed by atoms with Crippen LogP contribution in [0.3, 0.4) is 0 Å². The average molecular weight is 327 g/mol. The van der Waals surface area contributed by atoms with Crippen LogP contribution in [-0.2, 0) is 20.2 Å². The van der Waals surface area contributed by atoms with E-state index < -0.39 is 22.0 Å². The molecule has 0 amide bonds. The Labute approximate surface area is 132 Å². The van der Waals surface area contributed by atoms with Gasteiger partial charge in [-0.25, -0.2) is 8.42 Å². The quantitative estimate of drug-likeness (QED) is 0.841. The zero-order chi connectivity index (χ0) is 17.1. The molecule has 0 spiro atoms. The lowest BCUT2D eigenvalue weighted by atomic mass is 9.87. The largest absolute Gasteiger partial charge is 0.480 e. The molecule has 2 N–H and O–H groups in total. The molecule has 6 heteroatoms. The third-order valence-electron chi connectivity index (χ3n) is 3.33. The molecule has 124 valence electrons. The first-order chi connectivity index (χ1) is 9.93. The van der Waals surface area contributed by atoms with E-state index in [0.717, 1.165) is 5.56 Å². The Balaban J connectivity index is 3.01. The molecule has 0 saturated heterocycles. The van der Waals surface area contributed by atoms with Gasteiger partial charge >= 0.3 is 5.97 Å². The Morgan fingerprint density at radius 1 is 1.18 bits per heavy atom. The summed E-state index contributed by atoms with van der Waals surface area (Å²) in [6, 6.07) is 5.42. The molecule has 1 aromatic carbocycles. The summed E-state index contributed by atoms with van der Waals surface area (Å²) >= 11 is 0. The van der Waals surface area contributed by atoms with E-state index in [2.05, 4.69) is 4.72 Å². The van der Waals surface area contributed by atoms with E-state index in [9.17, 15) is 13.2 Å². The van der Waals surface area contributed by atoms with Crippen molar-refractivity contribution in [2.45, 2.75) is 57.4 Å². The van der Waals surface area contributed by atoms with Gasteiger partial charge in [0.15, 0.2) is 0 Å². The Bertz CT molecular complexity index is 613. The highest BCUT2D eigenvalue weighted by molar-refractivity contribution is 7.89. The fourth-order valence-corrected chi connectivity index (χ4v) is 3.26. The summed E-state index contributed by atoms with van der Waals surface area (Å²) in [5, 5.41) is 9.16. The fourth-order valence-electron chi connectivity index (χ4n) is 2.06. The molecule has 1 aromatic rings. The van der Waals surface area contributed by atoms with Crippen molar-refractivity contribution in [3.63, 3.8) is 0 Å². The molecule has 22 heavy (non-hydrogen) atoms. The molecule has 0 saturated carbocycles. The van der Waals surface area contributed by atoms with Crippen LogP contribution in [0, 0.1) is 5.92 Å². The number of hydrogen-bond donors (Lipinski definition) is 2. The van der Waals surface area contributed by atoms with Crippen molar-refractivity contribution in [3.05, 3.63) is 29.8 Å². The lowest BCUT2D eigenvalue weighted by molar-refractivity contribution is -0.139. The van der Waals surface area contributed by atoms with Crippen LogP contribution in [-0.4, -0.2) is 25.5 Å². The maximum atomic E-state index is 12.3. The lowest BCUT2D eigenvalue weighted by Crippen LogP contribution is -2.41. The highest BCUT2D eigenvalue weighted by Crippen LogP contribution is 2.23. The molecular formula is C16H25NO4S. The van der Waals surface area contributed by atoms with Gasteiger partial charge < -0.3 is 5.11 Å². The van der Waals surface area contributed by atoms with Crippen LogP contribution in [0.25, 0.3) is 0 Å². The predicted octanol–water partition coefficient (Wildman–Crippen LogP) is 2.76. The second kappa shape index (κ2) is 6.79. The van der Waals surface area contributed by atoms with Crippen LogP contribution in [0.1, 0.15) is 46.6 Å². The zero-order valence-electron chi connectivity index (χ0n) is 13.8. The number of carboxylic acids is 1. The van der Waals surface area contributed by atoms with Crippen LogP contribution in [0.2, 0.25) is 0 Å². The Kier molecular flexibility index (Phi) is 5.76. The number of nitrogens with one attached hydrogen (secondary N) is 1. The first-order valence-corrected chi connectivity index (χ1v) is 8.77. The third kappa shape index (κ3) is 5.10. The standard InChI is InChI=1S/C16H25NO4S/c1-11(2)10-14(15(18)19)17-22(20,21)13-8-6-12(7-9-13)16(3,4)5/h6-9,11,14,17H,10H2,1-5H3,(H,18,19)/t14-/m0/s1. The van der Waals surface area contributed by atoms with Crippen LogP contribution < -0.4 is 4.72 Å². The Hall–Kier alpha value is -1.40. The number of aliphatic carboxylic acids is 1. The second-order valence-corrected chi connectivity index (χ2v) is 8.63. The molecule has 0 aliphatic rings. The summed E-state index contributed by atoms with van der Waals surface area (Å²) in [4.78, 5) is 11.3. The summed E-state index contributed by atoms with van der Waals surface area (Å²) in [6.07, 6.45) is 0.245. The van der Waals surface area contributed by atoms with Gasteiger partial charge in [-0.05, 0) is 35.4 Å². The summed E-state index contributed by atoms with van der Waals surface area (Å²) in [5.41, 5.74) is 0.945. The molecule has 0 aromatic heterocycles. The lowest BCUT2D eigenvalue weighted by Gasteiger charge is -2.20. The fraction of sp³-hybridized carbons (Fsp3) is 0.562. The maximum Gasteiger partial charge on any atom is 0.321 e. The topological polar surface area (TPSA) is 83.5 Å². The molecule has 0 aliphatic carbocycles. The number of sulfonamides is 1. The monoisotopic (exact) mass is 327 g/mol. The molecule has 0 heterocycles. The average Bonchev–Trinajstić information content (AvgIpc) is 2.36. The van der Waals surface area contributed by atoms with E-state index in [1.807, 2.05) is 34.6 Å². The van der Waals surface area contributed by atoms with Gasteiger partial charge in [0.25, 0.3) is 0 Å². The van der Waals surface area contributed by atoms with E-state index in [1.165, 1.54) is 12.1 Å². The van der Waals surface area contributed by atoms with Crippen LogP contribution >= 0.6 is 0 Å². The number of hydrogen-bond acceptors (Lipinski definition) is 3. The molecular weight excluding hydrogens is 302 g/mol. The Morgan fingerprint density at radius 3 is 2.05 bits per heavy atom. The normalized spacial score (nSPS) is 14.1. The highest BCUT2D eigenvalue weighted by atomic mass is 32.2. The van der Waals surface area contributed by atoms with Crippen molar-refractivity contribution in [1.29, 1.82) is 0 Å². The van der Waals surface area contributed by atoms with E-state index in [4.69, 9.17) is 5.11 Å². The minimum atomic E-state index is -3.84. The first kappa shape index (κ1) is 18.6. The number of carbonyl (C=O) groups is 1. The van der Waals surface area contributed by atoms with Crippen LogP contribution in [0.15, 0.2) is 29.2 Å². The van der Waals surface area contributed by atoms with Crippen molar-refractivity contribution in [1.82, 2.24) is 4.72 Å². The zero-order valence-corrected chi connectivity index (χ0v) is 14.6. The molecule has 1 rings (SSSR count). The summed E-state index contributed by atoms with van der Waals surface area (Å²) < 4.78 is 26.9. The van der Waals surface area contributed by atoms with Gasteiger partial charge in [-0.15, -0.1) is 0 Å². The highest BCUT2D eigenvalue weighted by Gasteiger charge is 2.26. The number of carboxylic acid groups (broad SMARTS) is 1. The minimum Gasteiger partial charge on any atom is -0.480 e. The van der Waals surface area contributed by atoms with Gasteiger partial charge in [-0.1, -0.05) is 46.8 Å². The SMILES string of the molecule is CC(C)C[C@H](NS(=O)(=O)c1ccc(C(C)(C)C)cc1)C(=O)O. The van der Waals surface area contributed by atoms with Gasteiger partial charge in [-0.2, -0.15) is 4.72 Å².